The molecular weight excluding hydrogens is 518 g/mol. The van der Waals surface area contributed by atoms with E-state index in [-0.39, 0.29) is 1.43 Å². The molecule has 8 nitrogen and oxygen atoms in total. The summed E-state index contributed by atoms with van der Waals surface area (Å²) in [7, 11) is 3.19. The number of ether oxygens (including phenoxy) is 3. The number of carbonyl (C=O) groups excluding carboxylic acids is 2. The highest BCUT2D eigenvalue weighted by atomic mass is 16.6. The van der Waals surface area contributed by atoms with Gasteiger partial charge in [0.05, 0.1) is 30.8 Å². The van der Waals surface area contributed by atoms with Crippen LogP contribution in [-0.4, -0.2) is 41.2 Å². The summed E-state index contributed by atoms with van der Waals surface area (Å²) >= 11 is 0. The third-order valence-electron chi connectivity index (χ3n) is 8.02. The third kappa shape index (κ3) is 5.92. The van der Waals surface area contributed by atoms with Crippen molar-refractivity contribution in [1.82, 2.24) is 9.55 Å². The lowest BCUT2D eigenvalue weighted by Gasteiger charge is -2.35. The fraction of sp³-hybridized carbons (Fsp3) is 0.364. The maximum Gasteiger partial charge on any atom is 1.00 e. The van der Waals surface area contributed by atoms with E-state index in [0.717, 1.165) is 43.1 Å². The molecule has 0 saturated heterocycles. The second-order valence-corrected chi connectivity index (χ2v) is 10.6. The number of carbonyl (C=O) groups is 2. The van der Waals surface area contributed by atoms with Crippen LogP contribution >= 0.6 is 0 Å². The Kier molecular flexibility index (Phi) is 8.57. The molecule has 0 aliphatic heterocycles. The van der Waals surface area contributed by atoms with E-state index in [2.05, 4.69) is 12.1 Å². The van der Waals surface area contributed by atoms with Crippen LogP contribution in [0.2, 0.25) is 0 Å². The number of benzene rings is 3. The highest BCUT2D eigenvalue weighted by Crippen LogP contribution is 2.39. The maximum absolute atomic E-state index is 14.2. The molecule has 5 rings (SSSR count). The van der Waals surface area contributed by atoms with Crippen molar-refractivity contribution in [3.05, 3.63) is 78.4 Å². The van der Waals surface area contributed by atoms with Gasteiger partial charge in [-0.05, 0) is 74.8 Å². The van der Waals surface area contributed by atoms with Crippen LogP contribution in [0.4, 0.5) is 0 Å². The smallest absolute Gasteiger partial charge is 0.497 e. The molecule has 1 amide bonds. The number of aromatic nitrogens is 2. The Bertz CT molecular complexity index is 1510. The van der Waals surface area contributed by atoms with Gasteiger partial charge in [0.25, 0.3) is 5.91 Å². The minimum Gasteiger partial charge on any atom is -0.497 e. The van der Waals surface area contributed by atoms with Crippen molar-refractivity contribution < 1.29 is 25.2 Å². The van der Waals surface area contributed by atoms with Gasteiger partial charge in [-0.3, -0.25) is 4.79 Å². The molecule has 41 heavy (non-hydrogen) atoms. The molecule has 1 heterocycles. The number of nitrogens with zero attached hydrogens (tertiary/aromatic N) is 2. The van der Waals surface area contributed by atoms with E-state index in [1.165, 1.54) is 5.56 Å². The van der Waals surface area contributed by atoms with E-state index >= 15 is 0 Å². The summed E-state index contributed by atoms with van der Waals surface area (Å²) in [4.78, 5) is 31.8. The zero-order valence-corrected chi connectivity index (χ0v) is 23.7. The molecule has 0 bridgehead atoms. The van der Waals surface area contributed by atoms with Gasteiger partial charge in [-0.2, -0.15) is 0 Å². The standard InChI is InChI=1S/C33H37N3O5/c1-39-24-18-19-25(29(22-24)40-2)30-35-26-15-7-8-16-27(26)36(30)28(17-11-14-23-12-5-3-6-13-23)31(37)41-33(32(34)38)20-9-4-10-21-33/h3,5-8,12-13,15-16,18-19,22,28H,4,9-11,14,17,20-21H2,1-2H3,(H2,34,38)/p+1. The fourth-order valence-corrected chi connectivity index (χ4v) is 5.81. The predicted octanol–water partition coefficient (Wildman–Crippen LogP) is 6.13. The van der Waals surface area contributed by atoms with Gasteiger partial charge in [-0.25, -0.2) is 9.78 Å². The van der Waals surface area contributed by atoms with E-state index < -0.39 is 23.5 Å². The Balaban J connectivity index is 0.00000405. The van der Waals surface area contributed by atoms with Gasteiger partial charge in [0.15, 0.2) is 5.60 Å². The summed E-state index contributed by atoms with van der Waals surface area (Å²) < 4.78 is 19.2. The lowest BCUT2D eigenvalue weighted by atomic mass is 9.84. The number of hydrogen-bond acceptors (Lipinski definition) is 6. The van der Waals surface area contributed by atoms with Crippen molar-refractivity contribution >= 4 is 22.9 Å². The minimum atomic E-state index is -1.29. The topological polar surface area (TPSA) is 106 Å². The first-order chi connectivity index (χ1) is 20.0. The molecule has 1 unspecified atom stereocenters. The summed E-state index contributed by atoms with van der Waals surface area (Å²) in [6.07, 6.45) is 5.44. The average molecular weight is 557 g/mol. The highest BCUT2D eigenvalue weighted by molar-refractivity contribution is 5.89. The molecule has 214 valence electrons. The lowest BCUT2D eigenvalue weighted by Crippen LogP contribution is -2.50. The summed E-state index contributed by atoms with van der Waals surface area (Å²) in [5.74, 6) is 0.729. The van der Waals surface area contributed by atoms with Gasteiger partial charge in [-0.15, -0.1) is 0 Å². The van der Waals surface area contributed by atoms with Gasteiger partial charge in [0.2, 0.25) is 0 Å². The fourth-order valence-electron chi connectivity index (χ4n) is 5.81. The first kappa shape index (κ1) is 28.2. The van der Waals surface area contributed by atoms with Crippen LogP contribution in [0.25, 0.3) is 22.4 Å². The molecule has 3 aromatic carbocycles. The molecule has 2 N–H and O–H groups in total. The Hall–Kier alpha value is -4.33. The number of para-hydroxylation sites is 2. The van der Waals surface area contributed by atoms with Gasteiger partial charge in [0.1, 0.15) is 23.4 Å². The van der Waals surface area contributed by atoms with Crippen molar-refractivity contribution in [3.63, 3.8) is 0 Å². The lowest BCUT2D eigenvalue weighted by molar-refractivity contribution is -0.174. The maximum atomic E-state index is 14.2. The number of nitrogens with two attached hydrogens (primary N) is 1. The molecule has 8 heteroatoms. The van der Waals surface area contributed by atoms with Crippen LogP contribution < -0.4 is 15.2 Å². The van der Waals surface area contributed by atoms with Crippen molar-refractivity contribution in [2.75, 3.05) is 14.2 Å². The number of esters is 1. The molecule has 0 spiro atoms. The van der Waals surface area contributed by atoms with E-state index in [9.17, 15) is 9.59 Å². The third-order valence-corrected chi connectivity index (χ3v) is 8.02. The van der Waals surface area contributed by atoms with Gasteiger partial charge in [-0.1, -0.05) is 48.9 Å². The van der Waals surface area contributed by atoms with Crippen LogP contribution in [0.15, 0.2) is 72.8 Å². The number of hydrogen-bond donors (Lipinski definition) is 1. The zero-order valence-electron chi connectivity index (χ0n) is 24.7. The Morgan fingerprint density at radius 2 is 1.71 bits per heavy atom. The van der Waals surface area contributed by atoms with Crippen molar-refractivity contribution in [2.45, 2.75) is 63.0 Å². The molecule has 4 aromatic rings. The van der Waals surface area contributed by atoms with Crippen LogP contribution in [0.3, 0.4) is 0 Å². The SMILES string of the molecule is COc1ccc(-c2nc3ccccc3n2C(CCCc2ccccc2)C(=O)OC2(C(N)=O)CCCCC2)c(OC)c1.[H+]. The van der Waals surface area contributed by atoms with Crippen molar-refractivity contribution in [2.24, 2.45) is 5.73 Å². The first-order valence-corrected chi connectivity index (χ1v) is 14.2. The van der Waals surface area contributed by atoms with Crippen molar-refractivity contribution in [3.8, 4) is 22.9 Å². The Morgan fingerprint density at radius 3 is 2.41 bits per heavy atom. The molecule has 1 atom stereocenters. The first-order valence-electron chi connectivity index (χ1n) is 14.2. The van der Waals surface area contributed by atoms with E-state index in [4.69, 9.17) is 24.9 Å². The van der Waals surface area contributed by atoms with E-state index in [1.807, 2.05) is 59.2 Å². The second-order valence-electron chi connectivity index (χ2n) is 10.6. The zero-order chi connectivity index (χ0) is 28.8. The summed E-state index contributed by atoms with van der Waals surface area (Å²) in [5.41, 5.74) is 8.00. The number of rotatable bonds is 11. The largest absolute Gasteiger partial charge is 1.00 e. The van der Waals surface area contributed by atoms with E-state index in [1.54, 1.807) is 20.3 Å². The molecule has 1 saturated carbocycles. The van der Waals surface area contributed by atoms with Gasteiger partial charge in [0, 0.05) is 6.07 Å². The number of imidazole rings is 1. The average Bonchev–Trinajstić information content (AvgIpc) is 3.38. The quantitative estimate of drug-likeness (QED) is 0.223. The number of methoxy groups -OCH3 is 2. The normalized spacial score (nSPS) is 15.3. The number of aryl methyl sites for hydroxylation is 1. The number of primary amides is 1. The summed E-state index contributed by atoms with van der Waals surface area (Å²) in [6.45, 7) is 0. The Labute approximate surface area is 241 Å². The number of amides is 1. The summed E-state index contributed by atoms with van der Waals surface area (Å²) in [5, 5.41) is 0. The van der Waals surface area contributed by atoms with Crippen LogP contribution in [0.1, 0.15) is 58.0 Å². The number of fused-ring (bicyclic) bond motifs is 1. The molecule has 0 radical (unpaired) electrons. The van der Waals surface area contributed by atoms with Crippen LogP contribution in [0.5, 0.6) is 11.5 Å². The predicted molar refractivity (Wildman–Crippen MR) is 159 cm³/mol. The monoisotopic (exact) mass is 556 g/mol. The minimum absolute atomic E-state index is 0. The summed E-state index contributed by atoms with van der Waals surface area (Å²) in [6, 6.07) is 22.7. The molecule has 1 aliphatic carbocycles. The molecular formula is C33H38N3O5+. The molecule has 1 aliphatic rings. The van der Waals surface area contributed by atoms with Crippen LogP contribution in [-0.2, 0) is 20.7 Å². The second kappa shape index (κ2) is 12.5. The molecule has 1 aromatic heterocycles. The van der Waals surface area contributed by atoms with Gasteiger partial charge >= 0.3 is 7.40 Å². The highest BCUT2D eigenvalue weighted by Gasteiger charge is 2.43. The molecule has 1 fully saturated rings. The van der Waals surface area contributed by atoms with Crippen LogP contribution in [0, 0.1) is 0 Å². The van der Waals surface area contributed by atoms with E-state index in [0.29, 0.717) is 42.1 Å². The Morgan fingerprint density at radius 1 is 0.976 bits per heavy atom. The van der Waals surface area contributed by atoms with Gasteiger partial charge < -0.3 is 24.5 Å². The van der Waals surface area contributed by atoms with Crippen molar-refractivity contribution in [1.29, 1.82) is 0 Å².